The Labute approximate surface area is 94.4 Å². The topological polar surface area (TPSA) is 78.4 Å². The van der Waals surface area contributed by atoms with Gasteiger partial charge in [0.05, 0.1) is 16.7 Å². The molecule has 2 N–H and O–H groups in total. The number of benzene rings is 1. The second-order valence-electron chi connectivity index (χ2n) is 4.05. The summed E-state index contributed by atoms with van der Waals surface area (Å²) in [7, 11) is 0. The highest BCUT2D eigenvalue weighted by Gasteiger charge is 2.13. The van der Waals surface area contributed by atoms with Crippen LogP contribution in [0.4, 0.5) is 11.4 Å². The van der Waals surface area contributed by atoms with E-state index in [0.717, 1.165) is 0 Å². The molecule has 0 amide bonds. The van der Waals surface area contributed by atoms with Gasteiger partial charge in [0.2, 0.25) is 0 Å². The van der Waals surface area contributed by atoms with E-state index in [2.05, 4.69) is 0 Å². The van der Waals surface area contributed by atoms with Crippen molar-refractivity contribution in [3.63, 3.8) is 0 Å². The van der Waals surface area contributed by atoms with Crippen molar-refractivity contribution in [3.05, 3.63) is 28.3 Å². The van der Waals surface area contributed by atoms with Gasteiger partial charge in [0.25, 0.3) is 5.69 Å². The fourth-order valence-electron chi connectivity index (χ4n) is 1.09. The molecule has 1 aromatic rings. The molecule has 88 valence electrons. The van der Waals surface area contributed by atoms with Crippen molar-refractivity contribution in [1.29, 1.82) is 0 Å². The highest BCUT2D eigenvalue weighted by Crippen LogP contribution is 2.27. The van der Waals surface area contributed by atoms with E-state index in [-0.39, 0.29) is 11.8 Å². The van der Waals surface area contributed by atoms with Gasteiger partial charge in [0, 0.05) is 12.1 Å². The summed E-state index contributed by atoms with van der Waals surface area (Å²) in [5.41, 5.74) is 5.95. The van der Waals surface area contributed by atoms with Gasteiger partial charge in [-0.25, -0.2) is 0 Å². The van der Waals surface area contributed by atoms with Gasteiger partial charge in [-0.2, -0.15) is 0 Å². The molecule has 5 nitrogen and oxygen atoms in total. The molecule has 0 saturated heterocycles. The summed E-state index contributed by atoms with van der Waals surface area (Å²) in [5, 5.41) is 10.5. The average molecular weight is 224 g/mol. The zero-order valence-electron chi connectivity index (χ0n) is 9.64. The summed E-state index contributed by atoms with van der Waals surface area (Å²) >= 11 is 0. The number of rotatable bonds is 4. The Morgan fingerprint density at radius 1 is 1.38 bits per heavy atom. The molecule has 0 saturated carbocycles. The molecule has 1 unspecified atom stereocenters. The zero-order valence-corrected chi connectivity index (χ0v) is 9.64. The molecular weight excluding hydrogens is 208 g/mol. The summed E-state index contributed by atoms with van der Waals surface area (Å²) in [6.07, 6.45) is 0.0174. The minimum Gasteiger partial charge on any atom is -0.488 e. The van der Waals surface area contributed by atoms with Crippen molar-refractivity contribution in [1.82, 2.24) is 0 Å². The summed E-state index contributed by atoms with van der Waals surface area (Å²) in [4.78, 5) is 10.0. The zero-order chi connectivity index (χ0) is 12.3. The van der Waals surface area contributed by atoms with E-state index in [0.29, 0.717) is 17.4 Å². The first kappa shape index (κ1) is 12.3. The SMILES string of the molecule is CC(C)C(C)Oc1ccc([N+](=O)[O-])cc1N. The molecule has 16 heavy (non-hydrogen) atoms. The predicted octanol–water partition coefficient (Wildman–Crippen LogP) is 2.60. The molecular formula is C11H16N2O3. The third kappa shape index (κ3) is 2.85. The largest absolute Gasteiger partial charge is 0.488 e. The number of nitrogen functional groups attached to an aromatic ring is 1. The van der Waals surface area contributed by atoms with Gasteiger partial charge in [0.15, 0.2) is 0 Å². The number of hydrogen-bond acceptors (Lipinski definition) is 4. The van der Waals surface area contributed by atoms with Crippen LogP contribution in [0.3, 0.4) is 0 Å². The third-order valence-corrected chi connectivity index (χ3v) is 2.46. The van der Waals surface area contributed by atoms with Crippen LogP contribution in [0.25, 0.3) is 0 Å². The van der Waals surface area contributed by atoms with Crippen LogP contribution in [0.2, 0.25) is 0 Å². The van der Waals surface area contributed by atoms with Crippen LogP contribution in [0.1, 0.15) is 20.8 Å². The maximum Gasteiger partial charge on any atom is 0.271 e. The number of nitrogens with two attached hydrogens (primary N) is 1. The molecule has 0 aliphatic carbocycles. The molecule has 1 rings (SSSR count). The van der Waals surface area contributed by atoms with Crippen LogP contribution in [0.15, 0.2) is 18.2 Å². The normalized spacial score (nSPS) is 12.5. The van der Waals surface area contributed by atoms with Crippen molar-refractivity contribution in [2.24, 2.45) is 5.92 Å². The lowest BCUT2D eigenvalue weighted by Crippen LogP contribution is -2.19. The molecule has 0 aliphatic heterocycles. The molecule has 0 bridgehead atoms. The van der Waals surface area contributed by atoms with Gasteiger partial charge < -0.3 is 10.5 Å². The first-order chi connectivity index (χ1) is 7.41. The van der Waals surface area contributed by atoms with E-state index >= 15 is 0 Å². The number of non-ortho nitro benzene ring substituents is 1. The second kappa shape index (κ2) is 4.83. The highest BCUT2D eigenvalue weighted by molar-refractivity contribution is 5.58. The van der Waals surface area contributed by atoms with E-state index < -0.39 is 4.92 Å². The molecule has 0 aliphatic rings. The van der Waals surface area contributed by atoms with Crippen LogP contribution in [0.5, 0.6) is 5.75 Å². The first-order valence-corrected chi connectivity index (χ1v) is 5.12. The molecule has 0 radical (unpaired) electrons. The number of anilines is 1. The lowest BCUT2D eigenvalue weighted by Gasteiger charge is -2.18. The van der Waals surface area contributed by atoms with Crippen LogP contribution >= 0.6 is 0 Å². The predicted molar refractivity (Wildman–Crippen MR) is 62.4 cm³/mol. The van der Waals surface area contributed by atoms with E-state index in [1.54, 1.807) is 0 Å². The number of nitro benzene ring substituents is 1. The average Bonchev–Trinajstić information content (AvgIpc) is 2.20. The molecule has 0 spiro atoms. The van der Waals surface area contributed by atoms with Crippen molar-refractivity contribution >= 4 is 11.4 Å². The Hall–Kier alpha value is -1.78. The molecule has 0 heterocycles. The highest BCUT2D eigenvalue weighted by atomic mass is 16.6. The van der Waals surface area contributed by atoms with Crippen molar-refractivity contribution < 1.29 is 9.66 Å². The summed E-state index contributed by atoms with van der Waals surface area (Å²) in [6, 6.07) is 4.23. The van der Waals surface area contributed by atoms with Crippen LogP contribution in [-0.2, 0) is 0 Å². The lowest BCUT2D eigenvalue weighted by molar-refractivity contribution is -0.384. The quantitative estimate of drug-likeness (QED) is 0.484. The van der Waals surface area contributed by atoms with Crippen molar-refractivity contribution in [3.8, 4) is 5.75 Å². The Kier molecular flexibility index (Phi) is 3.71. The number of nitrogens with zero attached hydrogens (tertiary/aromatic N) is 1. The fraction of sp³-hybridized carbons (Fsp3) is 0.455. The number of hydrogen-bond donors (Lipinski definition) is 1. The van der Waals surface area contributed by atoms with E-state index in [1.165, 1.54) is 18.2 Å². The molecule has 5 heteroatoms. The van der Waals surface area contributed by atoms with Gasteiger partial charge in [-0.1, -0.05) is 13.8 Å². The lowest BCUT2D eigenvalue weighted by atomic mass is 10.1. The standard InChI is InChI=1S/C11H16N2O3/c1-7(2)8(3)16-11-5-4-9(13(14)15)6-10(11)12/h4-8H,12H2,1-3H3. The smallest absolute Gasteiger partial charge is 0.271 e. The van der Waals surface area contributed by atoms with Gasteiger partial charge in [0.1, 0.15) is 5.75 Å². The Bertz CT molecular complexity index is 391. The van der Waals surface area contributed by atoms with Crippen molar-refractivity contribution in [2.75, 3.05) is 5.73 Å². The van der Waals surface area contributed by atoms with Gasteiger partial charge in [-0.3, -0.25) is 10.1 Å². The minimum atomic E-state index is -0.480. The Morgan fingerprint density at radius 2 is 2.00 bits per heavy atom. The monoisotopic (exact) mass is 224 g/mol. The molecule has 0 aromatic heterocycles. The maximum atomic E-state index is 10.5. The van der Waals surface area contributed by atoms with Gasteiger partial charge in [-0.05, 0) is 18.9 Å². The maximum absolute atomic E-state index is 10.5. The van der Waals surface area contributed by atoms with E-state index in [9.17, 15) is 10.1 Å². The third-order valence-electron chi connectivity index (χ3n) is 2.46. The van der Waals surface area contributed by atoms with Crippen LogP contribution in [0, 0.1) is 16.0 Å². The fourth-order valence-corrected chi connectivity index (χ4v) is 1.09. The molecule has 0 fully saturated rings. The second-order valence-corrected chi connectivity index (χ2v) is 4.05. The minimum absolute atomic E-state index is 0.0174. The summed E-state index contributed by atoms with van der Waals surface area (Å²) in [5.74, 6) is 0.849. The number of ether oxygens (including phenoxy) is 1. The van der Waals surface area contributed by atoms with Crippen LogP contribution < -0.4 is 10.5 Å². The van der Waals surface area contributed by atoms with Crippen molar-refractivity contribution in [2.45, 2.75) is 26.9 Å². The summed E-state index contributed by atoms with van der Waals surface area (Å²) in [6.45, 7) is 6.00. The van der Waals surface area contributed by atoms with E-state index in [4.69, 9.17) is 10.5 Å². The summed E-state index contributed by atoms with van der Waals surface area (Å²) < 4.78 is 5.59. The molecule has 1 atom stereocenters. The van der Waals surface area contributed by atoms with Gasteiger partial charge >= 0.3 is 0 Å². The Morgan fingerprint density at radius 3 is 2.44 bits per heavy atom. The van der Waals surface area contributed by atoms with Gasteiger partial charge in [-0.15, -0.1) is 0 Å². The molecule has 1 aromatic carbocycles. The Balaban J connectivity index is 2.87. The van der Waals surface area contributed by atoms with E-state index in [1.807, 2.05) is 20.8 Å². The first-order valence-electron chi connectivity index (χ1n) is 5.12. The van der Waals surface area contributed by atoms with Crippen LogP contribution in [-0.4, -0.2) is 11.0 Å². The number of nitro groups is 1.